The fourth-order valence-electron chi connectivity index (χ4n) is 2.04. The zero-order chi connectivity index (χ0) is 14.5. The fourth-order valence-corrected chi connectivity index (χ4v) is 2.04. The zero-order valence-corrected chi connectivity index (χ0v) is 12.1. The van der Waals surface area contributed by atoms with Crippen LogP contribution in [0.25, 0.3) is 0 Å². The SMILES string of the molecule is COC(=O)c1ccccc1NCc1ccc(C)c(C)c1. The molecule has 1 N–H and O–H groups in total. The summed E-state index contributed by atoms with van der Waals surface area (Å²) in [5.74, 6) is -0.326. The van der Waals surface area contributed by atoms with Gasteiger partial charge in [-0.25, -0.2) is 4.79 Å². The lowest BCUT2D eigenvalue weighted by molar-refractivity contribution is 0.0602. The molecular formula is C17H19NO2. The number of aryl methyl sites for hydroxylation is 2. The maximum atomic E-state index is 11.7. The molecule has 2 rings (SSSR count). The van der Waals surface area contributed by atoms with E-state index in [0.29, 0.717) is 12.1 Å². The van der Waals surface area contributed by atoms with Gasteiger partial charge < -0.3 is 10.1 Å². The van der Waals surface area contributed by atoms with Crippen LogP contribution in [0.2, 0.25) is 0 Å². The maximum absolute atomic E-state index is 11.7. The molecule has 3 heteroatoms. The lowest BCUT2D eigenvalue weighted by Crippen LogP contribution is -2.08. The van der Waals surface area contributed by atoms with Crippen LogP contribution in [0, 0.1) is 13.8 Å². The highest BCUT2D eigenvalue weighted by atomic mass is 16.5. The quantitative estimate of drug-likeness (QED) is 0.860. The summed E-state index contributed by atoms with van der Waals surface area (Å²) in [4.78, 5) is 11.7. The van der Waals surface area contributed by atoms with Crippen molar-refractivity contribution >= 4 is 11.7 Å². The number of hydrogen-bond acceptors (Lipinski definition) is 3. The summed E-state index contributed by atoms with van der Waals surface area (Å²) in [6.07, 6.45) is 0. The second-order valence-corrected chi connectivity index (χ2v) is 4.81. The van der Waals surface area contributed by atoms with Crippen LogP contribution >= 0.6 is 0 Å². The number of hydrogen-bond donors (Lipinski definition) is 1. The summed E-state index contributed by atoms with van der Waals surface area (Å²) < 4.78 is 4.78. The number of esters is 1. The molecule has 0 unspecified atom stereocenters. The fraction of sp³-hybridized carbons (Fsp3) is 0.235. The highest BCUT2D eigenvalue weighted by Crippen LogP contribution is 2.18. The number of nitrogens with one attached hydrogen (secondary N) is 1. The predicted octanol–water partition coefficient (Wildman–Crippen LogP) is 3.70. The molecule has 0 fully saturated rings. The van der Waals surface area contributed by atoms with Crippen LogP contribution in [0.4, 0.5) is 5.69 Å². The van der Waals surface area contributed by atoms with Gasteiger partial charge in [-0.3, -0.25) is 0 Å². The average molecular weight is 269 g/mol. The number of carbonyl (C=O) groups is 1. The smallest absolute Gasteiger partial charge is 0.339 e. The van der Waals surface area contributed by atoms with E-state index in [-0.39, 0.29) is 5.97 Å². The van der Waals surface area contributed by atoms with Gasteiger partial charge in [-0.2, -0.15) is 0 Å². The number of methoxy groups -OCH3 is 1. The first-order valence-electron chi connectivity index (χ1n) is 6.59. The Bertz CT molecular complexity index is 620. The number of carbonyl (C=O) groups excluding carboxylic acids is 1. The highest BCUT2D eigenvalue weighted by molar-refractivity contribution is 5.95. The third-order valence-electron chi connectivity index (χ3n) is 3.39. The van der Waals surface area contributed by atoms with Crippen molar-refractivity contribution in [1.29, 1.82) is 0 Å². The summed E-state index contributed by atoms with van der Waals surface area (Å²) >= 11 is 0. The average Bonchev–Trinajstić information content (AvgIpc) is 2.48. The second kappa shape index (κ2) is 6.24. The Hall–Kier alpha value is -2.29. The minimum Gasteiger partial charge on any atom is -0.465 e. The molecule has 3 nitrogen and oxygen atoms in total. The standard InChI is InChI=1S/C17H19NO2/c1-12-8-9-14(10-13(12)2)11-18-16-7-5-4-6-15(16)17(19)20-3/h4-10,18H,11H2,1-3H3. The lowest BCUT2D eigenvalue weighted by Gasteiger charge is -2.11. The maximum Gasteiger partial charge on any atom is 0.339 e. The van der Waals surface area contributed by atoms with Crippen molar-refractivity contribution in [3.8, 4) is 0 Å². The van der Waals surface area contributed by atoms with Gasteiger partial charge in [-0.1, -0.05) is 30.3 Å². The van der Waals surface area contributed by atoms with Gasteiger partial charge in [0.2, 0.25) is 0 Å². The van der Waals surface area contributed by atoms with Crippen LogP contribution in [0.3, 0.4) is 0 Å². The van der Waals surface area contributed by atoms with E-state index < -0.39 is 0 Å². The Morgan fingerprint density at radius 1 is 1.10 bits per heavy atom. The minimum atomic E-state index is -0.326. The molecule has 0 bridgehead atoms. The van der Waals surface area contributed by atoms with E-state index in [4.69, 9.17) is 4.74 Å². The molecule has 0 amide bonds. The Labute approximate surface area is 119 Å². The first-order chi connectivity index (χ1) is 9.61. The third-order valence-corrected chi connectivity index (χ3v) is 3.39. The topological polar surface area (TPSA) is 38.3 Å². The number of rotatable bonds is 4. The summed E-state index contributed by atoms with van der Waals surface area (Å²) in [5, 5.41) is 3.29. The molecule has 20 heavy (non-hydrogen) atoms. The van der Waals surface area contributed by atoms with Crippen LogP contribution in [0.1, 0.15) is 27.0 Å². The monoisotopic (exact) mass is 269 g/mol. The van der Waals surface area contributed by atoms with Gasteiger partial charge in [0.15, 0.2) is 0 Å². The number of ether oxygens (including phenoxy) is 1. The molecule has 0 spiro atoms. The van der Waals surface area contributed by atoms with E-state index in [2.05, 4.69) is 37.4 Å². The molecule has 0 saturated heterocycles. The largest absolute Gasteiger partial charge is 0.465 e. The first kappa shape index (κ1) is 14.1. The molecule has 104 valence electrons. The molecule has 0 aliphatic rings. The van der Waals surface area contributed by atoms with E-state index in [1.165, 1.54) is 23.8 Å². The van der Waals surface area contributed by atoms with E-state index in [9.17, 15) is 4.79 Å². The van der Waals surface area contributed by atoms with Crippen LogP contribution in [0.15, 0.2) is 42.5 Å². The van der Waals surface area contributed by atoms with Gasteiger partial charge in [0, 0.05) is 12.2 Å². The number of para-hydroxylation sites is 1. The second-order valence-electron chi connectivity index (χ2n) is 4.81. The van der Waals surface area contributed by atoms with Crippen molar-refractivity contribution in [2.75, 3.05) is 12.4 Å². The molecule has 0 atom stereocenters. The van der Waals surface area contributed by atoms with Crippen LogP contribution < -0.4 is 5.32 Å². The van der Waals surface area contributed by atoms with Crippen LogP contribution in [-0.4, -0.2) is 13.1 Å². The molecule has 0 aromatic heterocycles. The molecule has 0 heterocycles. The number of anilines is 1. The summed E-state index contributed by atoms with van der Waals surface area (Å²) in [7, 11) is 1.39. The van der Waals surface area contributed by atoms with Gasteiger partial charge in [0.25, 0.3) is 0 Å². The van der Waals surface area contributed by atoms with Crippen molar-refractivity contribution < 1.29 is 9.53 Å². The summed E-state index contributed by atoms with van der Waals surface area (Å²) in [6.45, 7) is 4.87. The van der Waals surface area contributed by atoms with Crippen LogP contribution in [0.5, 0.6) is 0 Å². The number of benzene rings is 2. The Kier molecular flexibility index (Phi) is 4.41. The first-order valence-corrected chi connectivity index (χ1v) is 6.59. The summed E-state index contributed by atoms with van der Waals surface area (Å²) in [6, 6.07) is 13.7. The molecular weight excluding hydrogens is 250 g/mol. The highest BCUT2D eigenvalue weighted by Gasteiger charge is 2.10. The normalized spacial score (nSPS) is 10.2. The van der Waals surface area contributed by atoms with Gasteiger partial charge in [0.05, 0.1) is 12.7 Å². The molecule has 0 radical (unpaired) electrons. The molecule has 0 saturated carbocycles. The van der Waals surface area contributed by atoms with E-state index in [1.54, 1.807) is 6.07 Å². The molecule has 2 aromatic rings. The van der Waals surface area contributed by atoms with E-state index in [1.807, 2.05) is 18.2 Å². The predicted molar refractivity (Wildman–Crippen MR) is 81.0 cm³/mol. The Morgan fingerprint density at radius 2 is 1.85 bits per heavy atom. The molecule has 0 aliphatic heterocycles. The molecule has 2 aromatic carbocycles. The van der Waals surface area contributed by atoms with Gasteiger partial charge in [0.1, 0.15) is 0 Å². The van der Waals surface area contributed by atoms with E-state index >= 15 is 0 Å². The Morgan fingerprint density at radius 3 is 2.55 bits per heavy atom. The van der Waals surface area contributed by atoms with Crippen molar-refractivity contribution in [1.82, 2.24) is 0 Å². The summed E-state index contributed by atoms with van der Waals surface area (Å²) in [5.41, 5.74) is 5.08. The van der Waals surface area contributed by atoms with Crippen molar-refractivity contribution in [3.63, 3.8) is 0 Å². The minimum absolute atomic E-state index is 0.326. The van der Waals surface area contributed by atoms with Crippen molar-refractivity contribution in [2.24, 2.45) is 0 Å². The van der Waals surface area contributed by atoms with Crippen LogP contribution in [-0.2, 0) is 11.3 Å². The molecule has 0 aliphatic carbocycles. The van der Waals surface area contributed by atoms with E-state index in [0.717, 1.165) is 5.69 Å². The third kappa shape index (κ3) is 3.18. The Balaban J connectivity index is 2.14. The zero-order valence-electron chi connectivity index (χ0n) is 12.1. The van der Waals surface area contributed by atoms with Crippen molar-refractivity contribution in [3.05, 3.63) is 64.7 Å². The lowest BCUT2D eigenvalue weighted by atomic mass is 10.1. The van der Waals surface area contributed by atoms with Gasteiger partial charge >= 0.3 is 5.97 Å². The van der Waals surface area contributed by atoms with Gasteiger partial charge in [-0.05, 0) is 42.7 Å². The van der Waals surface area contributed by atoms with Gasteiger partial charge in [-0.15, -0.1) is 0 Å². The van der Waals surface area contributed by atoms with Crippen molar-refractivity contribution in [2.45, 2.75) is 20.4 Å².